The van der Waals surface area contributed by atoms with Crippen molar-refractivity contribution >= 4 is 0 Å². The standard InChI is InChI=1S/C14H21NO/c1-2-4-13(5-3-1)8-11-16-12-14-6-9-15-10-7-14/h1-5,14-15H,6-12H2. The predicted octanol–water partition coefficient (Wildman–Crippen LogP) is 2.25. The molecular formula is C14H21NO. The summed E-state index contributed by atoms with van der Waals surface area (Å²) in [5, 5.41) is 3.38. The van der Waals surface area contributed by atoms with Crippen LogP contribution in [-0.2, 0) is 11.2 Å². The average Bonchev–Trinajstić information content (AvgIpc) is 2.37. The molecule has 0 unspecified atom stereocenters. The monoisotopic (exact) mass is 219 g/mol. The van der Waals surface area contributed by atoms with Crippen molar-refractivity contribution in [2.45, 2.75) is 19.3 Å². The molecule has 2 nitrogen and oxygen atoms in total. The Kier molecular flexibility index (Phi) is 4.84. The lowest BCUT2D eigenvalue weighted by Crippen LogP contribution is -2.30. The van der Waals surface area contributed by atoms with E-state index in [4.69, 9.17) is 4.74 Å². The third kappa shape index (κ3) is 3.95. The molecule has 88 valence electrons. The van der Waals surface area contributed by atoms with Crippen molar-refractivity contribution in [1.82, 2.24) is 5.32 Å². The average molecular weight is 219 g/mol. The van der Waals surface area contributed by atoms with E-state index < -0.39 is 0 Å². The molecule has 0 atom stereocenters. The molecule has 1 aliphatic rings. The molecule has 1 saturated heterocycles. The molecule has 1 N–H and O–H groups in total. The Hall–Kier alpha value is -0.860. The van der Waals surface area contributed by atoms with Gasteiger partial charge in [0.15, 0.2) is 0 Å². The molecule has 0 aliphatic carbocycles. The van der Waals surface area contributed by atoms with Crippen LogP contribution in [0, 0.1) is 5.92 Å². The van der Waals surface area contributed by atoms with Crippen LogP contribution < -0.4 is 5.32 Å². The fourth-order valence-electron chi connectivity index (χ4n) is 2.13. The highest BCUT2D eigenvalue weighted by Gasteiger charge is 2.12. The highest BCUT2D eigenvalue weighted by molar-refractivity contribution is 5.14. The van der Waals surface area contributed by atoms with E-state index in [0.29, 0.717) is 0 Å². The van der Waals surface area contributed by atoms with Gasteiger partial charge < -0.3 is 10.1 Å². The highest BCUT2D eigenvalue weighted by Crippen LogP contribution is 2.11. The van der Waals surface area contributed by atoms with Gasteiger partial charge in [-0.3, -0.25) is 0 Å². The van der Waals surface area contributed by atoms with Gasteiger partial charge in [-0.05, 0) is 43.8 Å². The van der Waals surface area contributed by atoms with Crippen LogP contribution in [0.4, 0.5) is 0 Å². The summed E-state index contributed by atoms with van der Waals surface area (Å²) in [4.78, 5) is 0. The van der Waals surface area contributed by atoms with E-state index in [1.54, 1.807) is 0 Å². The largest absolute Gasteiger partial charge is 0.381 e. The van der Waals surface area contributed by atoms with Gasteiger partial charge in [0.1, 0.15) is 0 Å². The topological polar surface area (TPSA) is 21.3 Å². The molecule has 1 heterocycles. The molecular weight excluding hydrogens is 198 g/mol. The molecule has 2 rings (SSSR count). The van der Waals surface area contributed by atoms with Crippen LogP contribution in [0.3, 0.4) is 0 Å². The molecule has 2 heteroatoms. The SMILES string of the molecule is c1ccc(CCOCC2CCNCC2)cc1. The Balaban J connectivity index is 1.58. The first kappa shape index (κ1) is 11.6. The Labute approximate surface area is 98.0 Å². The first-order chi connectivity index (χ1) is 7.95. The molecule has 0 aromatic heterocycles. The smallest absolute Gasteiger partial charge is 0.0506 e. The van der Waals surface area contributed by atoms with Gasteiger partial charge in [0.25, 0.3) is 0 Å². The van der Waals surface area contributed by atoms with Crippen LogP contribution in [0.5, 0.6) is 0 Å². The normalized spacial score (nSPS) is 17.5. The van der Waals surface area contributed by atoms with Crippen molar-refractivity contribution in [3.05, 3.63) is 35.9 Å². The van der Waals surface area contributed by atoms with Crippen molar-refractivity contribution < 1.29 is 4.74 Å². The molecule has 0 radical (unpaired) electrons. The van der Waals surface area contributed by atoms with Crippen LogP contribution in [0.25, 0.3) is 0 Å². The molecule has 1 aromatic carbocycles. The number of ether oxygens (including phenoxy) is 1. The van der Waals surface area contributed by atoms with Gasteiger partial charge >= 0.3 is 0 Å². The van der Waals surface area contributed by atoms with Crippen LogP contribution in [0.1, 0.15) is 18.4 Å². The van der Waals surface area contributed by atoms with E-state index >= 15 is 0 Å². The third-order valence-electron chi connectivity index (χ3n) is 3.19. The number of nitrogens with one attached hydrogen (secondary N) is 1. The van der Waals surface area contributed by atoms with Crippen molar-refractivity contribution in [1.29, 1.82) is 0 Å². The Bertz CT molecular complexity index is 280. The van der Waals surface area contributed by atoms with Crippen molar-refractivity contribution in [2.75, 3.05) is 26.3 Å². The highest BCUT2D eigenvalue weighted by atomic mass is 16.5. The van der Waals surface area contributed by atoms with Gasteiger partial charge in [-0.1, -0.05) is 30.3 Å². The maximum absolute atomic E-state index is 5.75. The van der Waals surface area contributed by atoms with E-state index in [1.165, 1.54) is 18.4 Å². The summed E-state index contributed by atoms with van der Waals surface area (Å²) in [7, 11) is 0. The van der Waals surface area contributed by atoms with Gasteiger partial charge in [-0.25, -0.2) is 0 Å². The number of benzene rings is 1. The van der Waals surface area contributed by atoms with Crippen molar-refractivity contribution in [2.24, 2.45) is 5.92 Å². The number of piperidine rings is 1. The molecule has 16 heavy (non-hydrogen) atoms. The zero-order valence-electron chi connectivity index (χ0n) is 9.82. The third-order valence-corrected chi connectivity index (χ3v) is 3.19. The maximum atomic E-state index is 5.75. The summed E-state index contributed by atoms with van der Waals surface area (Å²) in [5.41, 5.74) is 1.37. The summed E-state index contributed by atoms with van der Waals surface area (Å²) >= 11 is 0. The number of hydrogen-bond acceptors (Lipinski definition) is 2. The van der Waals surface area contributed by atoms with Gasteiger partial charge in [0.2, 0.25) is 0 Å². The minimum Gasteiger partial charge on any atom is -0.381 e. The van der Waals surface area contributed by atoms with E-state index in [-0.39, 0.29) is 0 Å². The fraction of sp³-hybridized carbons (Fsp3) is 0.571. The molecule has 1 fully saturated rings. The summed E-state index contributed by atoms with van der Waals surface area (Å²) in [6, 6.07) is 10.5. The molecule has 0 spiro atoms. The predicted molar refractivity (Wildman–Crippen MR) is 66.6 cm³/mol. The molecule has 0 bridgehead atoms. The first-order valence-corrected chi connectivity index (χ1v) is 6.27. The minimum absolute atomic E-state index is 0.775. The second kappa shape index (κ2) is 6.66. The second-order valence-electron chi connectivity index (χ2n) is 4.50. The molecule has 1 aliphatic heterocycles. The van der Waals surface area contributed by atoms with Gasteiger partial charge in [0, 0.05) is 6.61 Å². The van der Waals surface area contributed by atoms with E-state index in [0.717, 1.165) is 38.6 Å². The summed E-state index contributed by atoms with van der Waals surface area (Å²) in [5.74, 6) is 0.775. The summed E-state index contributed by atoms with van der Waals surface area (Å²) in [6.45, 7) is 4.11. The Morgan fingerprint density at radius 3 is 2.62 bits per heavy atom. The van der Waals surface area contributed by atoms with E-state index in [9.17, 15) is 0 Å². The van der Waals surface area contributed by atoms with Crippen LogP contribution in [-0.4, -0.2) is 26.3 Å². The maximum Gasteiger partial charge on any atom is 0.0506 e. The summed E-state index contributed by atoms with van der Waals surface area (Å²) in [6.07, 6.45) is 3.57. The van der Waals surface area contributed by atoms with Crippen LogP contribution in [0.2, 0.25) is 0 Å². The molecule has 0 saturated carbocycles. The van der Waals surface area contributed by atoms with E-state index in [2.05, 4.69) is 35.6 Å². The Morgan fingerprint density at radius 2 is 1.88 bits per heavy atom. The van der Waals surface area contributed by atoms with Crippen molar-refractivity contribution in [3.8, 4) is 0 Å². The minimum atomic E-state index is 0.775. The second-order valence-corrected chi connectivity index (χ2v) is 4.50. The fourth-order valence-corrected chi connectivity index (χ4v) is 2.13. The number of rotatable bonds is 5. The van der Waals surface area contributed by atoms with Crippen LogP contribution in [0.15, 0.2) is 30.3 Å². The van der Waals surface area contributed by atoms with Crippen LogP contribution >= 0.6 is 0 Å². The zero-order chi connectivity index (χ0) is 11.1. The summed E-state index contributed by atoms with van der Waals surface area (Å²) < 4.78 is 5.75. The Morgan fingerprint density at radius 1 is 1.12 bits per heavy atom. The number of hydrogen-bond donors (Lipinski definition) is 1. The van der Waals surface area contributed by atoms with Crippen molar-refractivity contribution in [3.63, 3.8) is 0 Å². The lowest BCUT2D eigenvalue weighted by molar-refractivity contribution is 0.0901. The lowest BCUT2D eigenvalue weighted by atomic mass is 9.99. The molecule has 1 aromatic rings. The zero-order valence-corrected chi connectivity index (χ0v) is 9.82. The lowest BCUT2D eigenvalue weighted by Gasteiger charge is -2.22. The quantitative estimate of drug-likeness (QED) is 0.767. The van der Waals surface area contributed by atoms with Gasteiger partial charge in [0.05, 0.1) is 6.61 Å². The van der Waals surface area contributed by atoms with E-state index in [1.807, 2.05) is 0 Å². The van der Waals surface area contributed by atoms with Gasteiger partial charge in [-0.15, -0.1) is 0 Å². The first-order valence-electron chi connectivity index (χ1n) is 6.27. The van der Waals surface area contributed by atoms with Gasteiger partial charge in [-0.2, -0.15) is 0 Å². The molecule has 0 amide bonds.